The summed E-state index contributed by atoms with van der Waals surface area (Å²) < 4.78 is 0. The van der Waals surface area contributed by atoms with Crippen LogP contribution >= 0.6 is 11.8 Å². The highest BCUT2D eigenvalue weighted by atomic mass is 32.2. The van der Waals surface area contributed by atoms with E-state index >= 15 is 0 Å². The first-order chi connectivity index (χ1) is 7.75. The highest BCUT2D eigenvalue weighted by molar-refractivity contribution is 7.99. The largest absolute Gasteiger partial charge is 0.478 e. The molecule has 0 radical (unpaired) electrons. The molecule has 0 aliphatic carbocycles. The van der Waals surface area contributed by atoms with Crippen molar-refractivity contribution in [2.45, 2.75) is 6.42 Å². The summed E-state index contributed by atoms with van der Waals surface area (Å²) in [7, 11) is 0. The number of nitrogens with zero attached hydrogens (tertiary/aromatic N) is 1. The van der Waals surface area contributed by atoms with Crippen molar-refractivity contribution in [2.75, 3.05) is 23.4 Å². The predicted octanol–water partition coefficient (Wildman–Crippen LogP) is 1.94. The topological polar surface area (TPSA) is 62.2 Å². The van der Waals surface area contributed by atoms with Gasteiger partial charge < -0.3 is 10.4 Å². The van der Waals surface area contributed by atoms with Crippen molar-refractivity contribution < 1.29 is 9.90 Å². The average molecular weight is 238 g/mol. The summed E-state index contributed by atoms with van der Waals surface area (Å²) >= 11 is 1.99. The number of rotatable bonds is 4. The van der Waals surface area contributed by atoms with Crippen LogP contribution in [0.5, 0.6) is 0 Å². The zero-order valence-corrected chi connectivity index (χ0v) is 9.67. The van der Waals surface area contributed by atoms with Gasteiger partial charge in [-0.25, -0.2) is 9.78 Å². The number of hydrogen-bond donors (Lipinski definition) is 2. The highest BCUT2D eigenvalue weighted by Gasteiger charge is 2.15. The lowest BCUT2D eigenvalue weighted by Crippen LogP contribution is -2.14. The van der Waals surface area contributed by atoms with Gasteiger partial charge in [0, 0.05) is 12.7 Å². The van der Waals surface area contributed by atoms with Crippen LogP contribution in [0.25, 0.3) is 0 Å². The van der Waals surface area contributed by atoms with E-state index in [-0.39, 0.29) is 5.56 Å². The Balaban J connectivity index is 1.87. The van der Waals surface area contributed by atoms with Crippen molar-refractivity contribution in [3.63, 3.8) is 0 Å². The number of aromatic nitrogens is 1. The Bertz CT molecular complexity index is 361. The molecule has 86 valence electrons. The van der Waals surface area contributed by atoms with Gasteiger partial charge in [-0.15, -0.1) is 0 Å². The number of nitrogens with one attached hydrogen (secondary N) is 1. The molecule has 4 nitrogen and oxygen atoms in total. The number of carboxylic acid groups (broad SMARTS) is 1. The maximum atomic E-state index is 10.6. The van der Waals surface area contributed by atoms with Gasteiger partial charge in [-0.2, -0.15) is 11.8 Å². The molecule has 1 fully saturated rings. The molecule has 0 bridgehead atoms. The normalized spacial score (nSPS) is 19.6. The maximum Gasteiger partial charge on any atom is 0.337 e. The zero-order valence-electron chi connectivity index (χ0n) is 8.85. The lowest BCUT2D eigenvalue weighted by Gasteiger charge is -2.10. The third-order valence-electron chi connectivity index (χ3n) is 2.61. The third kappa shape index (κ3) is 2.88. The lowest BCUT2D eigenvalue weighted by molar-refractivity contribution is 0.0696. The number of carbonyl (C=O) groups is 1. The first-order valence-electron chi connectivity index (χ1n) is 5.26. The van der Waals surface area contributed by atoms with Gasteiger partial charge >= 0.3 is 5.97 Å². The Morgan fingerprint density at radius 2 is 2.50 bits per heavy atom. The van der Waals surface area contributed by atoms with Gasteiger partial charge in [-0.3, -0.25) is 0 Å². The molecule has 1 aliphatic heterocycles. The molecule has 5 heteroatoms. The minimum Gasteiger partial charge on any atom is -0.478 e. The molecule has 1 aliphatic rings. The molecule has 0 aromatic carbocycles. The summed E-state index contributed by atoms with van der Waals surface area (Å²) in [5.41, 5.74) is 0.224. The molecule has 16 heavy (non-hydrogen) atoms. The number of carboxylic acids is 1. The van der Waals surface area contributed by atoms with Crippen LogP contribution in [0.15, 0.2) is 18.3 Å². The quantitative estimate of drug-likeness (QED) is 0.839. The SMILES string of the molecule is O=C(O)c1ccc(NCC2CCSC2)nc1. The summed E-state index contributed by atoms with van der Waals surface area (Å²) in [6.45, 7) is 0.923. The highest BCUT2D eigenvalue weighted by Crippen LogP contribution is 2.23. The molecule has 1 aromatic heterocycles. The number of anilines is 1. The molecule has 2 N–H and O–H groups in total. The van der Waals surface area contributed by atoms with Crippen molar-refractivity contribution in [1.29, 1.82) is 0 Å². The second kappa shape index (κ2) is 5.21. The second-order valence-corrected chi connectivity index (χ2v) is 5.00. The Hall–Kier alpha value is -1.23. The number of thioether (sulfide) groups is 1. The fraction of sp³-hybridized carbons (Fsp3) is 0.455. The van der Waals surface area contributed by atoms with Crippen molar-refractivity contribution in [3.8, 4) is 0 Å². The van der Waals surface area contributed by atoms with Crippen molar-refractivity contribution >= 4 is 23.5 Å². The number of aromatic carboxylic acids is 1. The second-order valence-electron chi connectivity index (χ2n) is 3.85. The zero-order chi connectivity index (χ0) is 11.4. The van der Waals surface area contributed by atoms with Crippen LogP contribution in [0.2, 0.25) is 0 Å². The summed E-state index contributed by atoms with van der Waals surface area (Å²) in [4.78, 5) is 14.7. The van der Waals surface area contributed by atoms with Gasteiger partial charge in [0.25, 0.3) is 0 Å². The van der Waals surface area contributed by atoms with Crippen LogP contribution in [-0.2, 0) is 0 Å². The molecule has 2 rings (SSSR count). The van der Waals surface area contributed by atoms with Gasteiger partial charge in [0.1, 0.15) is 5.82 Å². The molecular weight excluding hydrogens is 224 g/mol. The lowest BCUT2D eigenvalue weighted by atomic mass is 10.1. The van der Waals surface area contributed by atoms with Crippen LogP contribution in [0.3, 0.4) is 0 Å². The molecule has 0 saturated carbocycles. The summed E-state index contributed by atoms with van der Waals surface area (Å²) in [5, 5.41) is 12.0. The van der Waals surface area contributed by atoms with Gasteiger partial charge in [-0.1, -0.05) is 0 Å². The van der Waals surface area contributed by atoms with Gasteiger partial charge in [0.2, 0.25) is 0 Å². The molecule has 0 amide bonds. The fourth-order valence-corrected chi connectivity index (χ4v) is 2.90. The van der Waals surface area contributed by atoms with Crippen molar-refractivity contribution in [2.24, 2.45) is 5.92 Å². The first-order valence-corrected chi connectivity index (χ1v) is 6.42. The molecule has 1 aromatic rings. The smallest absolute Gasteiger partial charge is 0.337 e. The summed E-state index contributed by atoms with van der Waals surface area (Å²) in [6, 6.07) is 3.28. The molecule has 1 unspecified atom stereocenters. The molecular formula is C11H14N2O2S. The Morgan fingerprint density at radius 3 is 3.06 bits per heavy atom. The monoisotopic (exact) mass is 238 g/mol. The Morgan fingerprint density at radius 1 is 1.62 bits per heavy atom. The molecule has 2 heterocycles. The molecule has 1 atom stereocenters. The van der Waals surface area contributed by atoms with E-state index < -0.39 is 5.97 Å². The van der Waals surface area contributed by atoms with Gasteiger partial charge in [-0.05, 0) is 36.0 Å². The van der Waals surface area contributed by atoms with Crippen molar-refractivity contribution in [3.05, 3.63) is 23.9 Å². The molecule has 1 saturated heterocycles. The first kappa shape index (κ1) is 11.3. The average Bonchev–Trinajstić information content (AvgIpc) is 2.80. The summed E-state index contributed by atoms with van der Waals surface area (Å²) in [5.74, 6) is 2.98. The number of pyridine rings is 1. The van der Waals surface area contributed by atoms with E-state index in [1.54, 1.807) is 12.1 Å². The van der Waals surface area contributed by atoms with E-state index in [1.807, 2.05) is 11.8 Å². The Kier molecular flexibility index (Phi) is 3.66. The standard InChI is InChI=1S/C11H14N2O2S/c14-11(15)9-1-2-10(13-6-9)12-5-8-3-4-16-7-8/h1-2,6,8H,3-5,7H2,(H,12,13)(H,14,15). The fourth-order valence-electron chi connectivity index (χ4n) is 1.62. The van der Waals surface area contributed by atoms with Crippen LogP contribution < -0.4 is 5.32 Å². The van der Waals surface area contributed by atoms with E-state index in [2.05, 4.69) is 10.3 Å². The van der Waals surface area contributed by atoms with Crippen molar-refractivity contribution in [1.82, 2.24) is 4.98 Å². The molecule has 0 spiro atoms. The predicted molar refractivity (Wildman–Crippen MR) is 65.1 cm³/mol. The van der Waals surface area contributed by atoms with E-state index in [1.165, 1.54) is 24.1 Å². The third-order valence-corrected chi connectivity index (χ3v) is 3.84. The van der Waals surface area contributed by atoms with E-state index in [0.29, 0.717) is 5.92 Å². The minimum absolute atomic E-state index is 0.224. The van der Waals surface area contributed by atoms with Crippen LogP contribution in [0.1, 0.15) is 16.8 Å². The van der Waals surface area contributed by atoms with E-state index in [0.717, 1.165) is 12.4 Å². The van der Waals surface area contributed by atoms with Crippen LogP contribution in [0.4, 0.5) is 5.82 Å². The van der Waals surface area contributed by atoms with Gasteiger partial charge in [0.15, 0.2) is 0 Å². The maximum absolute atomic E-state index is 10.6. The number of hydrogen-bond acceptors (Lipinski definition) is 4. The van der Waals surface area contributed by atoms with E-state index in [4.69, 9.17) is 5.11 Å². The van der Waals surface area contributed by atoms with E-state index in [9.17, 15) is 4.79 Å². The summed E-state index contributed by atoms with van der Waals surface area (Å²) in [6.07, 6.45) is 2.64. The van der Waals surface area contributed by atoms with Crippen LogP contribution in [0, 0.1) is 5.92 Å². The minimum atomic E-state index is -0.939. The Labute approximate surface area is 98.5 Å². The van der Waals surface area contributed by atoms with Crippen LogP contribution in [-0.4, -0.2) is 34.1 Å². The van der Waals surface area contributed by atoms with Gasteiger partial charge in [0.05, 0.1) is 5.56 Å².